The number of benzene rings is 3. The lowest BCUT2D eigenvalue weighted by Gasteiger charge is -2.27. The van der Waals surface area contributed by atoms with Gasteiger partial charge in [0.05, 0.1) is 28.9 Å². The summed E-state index contributed by atoms with van der Waals surface area (Å²) in [5, 5.41) is 2.83. The van der Waals surface area contributed by atoms with Crippen LogP contribution in [0.3, 0.4) is 0 Å². The van der Waals surface area contributed by atoms with Crippen LogP contribution in [0.1, 0.15) is 40.0 Å². The molecule has 0 aliphatic carbocycles. The van der Waals surface area contributed by atoms with E-state index < -0.39 is 10.0 Å². The van der Waals surface area contributed by atoms with Gasteiger partial charge in [0.25, 0.3) is 21.8 Å². The Hall–Kier alpha value is -3.85. The number of amides is 2. The number of para-hydroxylation sites is 1. The lowest BCUT2D eigenvalue weighted by molar-refractivity contribution is 0.0725. The van der Waals surface area contributed by atoms with Gasteiger partial charge < -0.3 is 15.0 Å². The van der Waals surface area contributed by atoms with Crippen molar-refractivity contribution >= 4 is 33.2 Å². The lowest BCUT2D eigenvalue weighted by atomic mass is 10.1. The lowest BCUT2D eigenvalue weighted by Crippen LogP contribution is -2.36. The van der Waals surface area contributed by atoms with E-state index in [1.54, 1.807) is 60.7 Å². The monoisotopic (exact) mass is 507 g/mol. The minimum Gasteiger partial charge on any atom is -0.497 e. The Labute approximate surface area is 211 Å². The van der Waals surface area contributed by atoms with Crippen molar-refractivity contribution in [2.24, 2.45) is 0 Å². The zero-order valence-corrected chi connectivity index (χ0v) is 21.1. The maximum Gasteiger partial charge on any atom is 0.264 e. The van der Waals surface area contributed by atoms with Crippen molar-refractivity contribution in [2.75, 3.05) is 36.9 Å². The van der Waals surface area contributed by atoms with Crippen molar-refractivity contribution in [3.05, 3.63) is 83.9 Å². The van der Waals surface area contributed by atoms with Crippen molar-refractivity contribution in [3.63, 3.8) is 0 Å². The van der Waals surface area contributed by atoms with Gasteiger partial charge in [0.2, 0.25) is 0 Å². The summed E-state index contributed by atoms with van der Waals surface area (Å²) >= 11 is 0. The minimum atomic E-state index is -3.79. The molecule has 188 valence electrons. The Morgan fingerprint density at radius 1 is 0.889 bits per heavy atom. The van der Waals surface area contributed by atoms with E-state index in [-0.39, 0.29) is 16.7 Å². The number of anilines is 2. The summed E-state index contributed by atoms with van der Waals surface area (Å²) in [6.07, 6.45) is 3.08. The molecular formula is C27H29N3O5S. The van der Waals surface area contributed by atoms with Crippen LogP contribution in [0.25, 0.3) is 0 Å². The van der Waals surface area contributed by atoms with Crippen molar-refractivity contribution in [3.8, 4) is 5.75 Å². The number of nitrogens with zero attached hydrogens (tertiary/aromatic N) is 2. The number of methoxy groups -OCH3 is 1. The van der Waals surface area contributed by atoms with E-state index >= 15 is 0 Å². The molecule has 1 saturated heterocycles. The largest absolute Gasteiger partial charge is 0.497 e. The third-order valence-corrected chi connectivity index (χ3v) is 8.06. The van der Waals surface area contributed by atoms with Gasteiger partial charge in [-0.2, -0.15) is 0 Å². The smallest absolute Gasteiger partial charge is 0.264 e. The second-order valence-corrected chi connectivity index (χ2v) is 10.5. The normalized spacial score (nSPS) is 13.7. The zero-order chi connectivity index (χ0) is 25.7. The highest BCUT2D eigenvalue weighted by Crippen LogP contribution is 2.25. The van der Waals surface area contributed by atoms with Gasteiger partial charge >= 0.3 is 0 Å². The number of nitrogens with one attached hydrogen (secondary N) is 1. The number of hydrogen-bond acceptors (Lipinski definition) is 5. The van der Waals surface area contributed by atoms with Crippen molar-refractivity contribution in [2.45, 2.75) is 24.2 Å². The molecule has 4 rings (SSSR count). The fraction of sp³-hybridized carbons (Fsp3) is 0.259. The van der Waals surface area contributed by atoms with Gasteiger partial charge in [-0.3, -0.25) is 13.9 Å². The fourth-order valence-electron chi connectivity index (χ4n) is 4.11. The molecule has 1 fully saturated rings. The summed E-state index contributed by atoms with van der Waals surface area (Å²) in [6, 6.07) is 19.4. The Bertz CT molecular complexity index is 1330. The van der Waals surface area contributed by atoms with Crippen molar-refractivity contribution < 1.29 is 22.7 Å². The summed E-state index contributed by atoms with van der Waals surface area (Å²) in [7, 11) is -0.822. The molecule has 0 radical (unpaired) electrons. The predicted molar refractivity (Wildman–Crippen MR) is 139 cm³/mol. The van der Waals surface area contributed by atoms with Crippen LogP contribution < -0.4 is 14.4 Å². The quantitative estimate of drug-likeness (QED) is 0.511. The van der Waals surface area contributed by atoms with Gasteiger partial charge in [0.1, 0.15) is 5.75 Å². The van der Waals surface area contributed by atoms with Crippen LogP contribution >= 0.6 is 0 Å². The molecule has 36 heavy (non-hydrogen) atoms. The van der Waals surface area contributed by atoms with Gasteiger partial charge in [-0.25, -0.2) is 8.42 Å². The number of ether oxygens (including phenoxy) is 1. The molecule has 2 amide bonds. The van der Waals surface area contributed by atoms with E-state index in [9.17, 15) is 18.0 Å². The summed E-state index contributed by atoms with van der Waals surface area (Å²) < 4.78 is 32.2. The Morgan fingerprint density at radius 3 is 2.17 bits per heavy atom. The second kappa shape index (κ2) is 10.8. The van der Waals surface area contributed by atoms with Crippen LogP contribution in [0.5, 0.6) is 5.75 Å². The van der Waals surface area contributed by atoms with E-state index in [0.29, 0.717) is 28.3 Å². The van der Waals surface area contributed by atoms with Crippen LogP contribution in [0, 0.1) is 0 Å². The van der Waals surface area contributed by atoms with Crippen LogP contribution in [0.2, 0.25) is 0 Å². The topological polar surface area (TPSA) is 96.0 Å². The molecule has 3 aromatic carbocycles. The third kappa shape index (κ3) is 5.36. The van der Waals surface area contributed by atoms with Gasteiger partial charge in [-0.15, -0.1) is 0 Å². The minimum absolute atomic E-state index is 0.0914. The highest BCUT2D eigenvalue weighted by molar-refractivity contribution is 7.92. The molecule has 0 aromatic heterocycles. The van der Waals surface area contributed by atoms with Gasteiger partial charge in [-0.1, -0.05) is 12.1 Å². The van der Waals surface area contributed by atoms with Crippen molar-refractivity contribution in [1.82, 2.24) is 4.90 Å². The summed E-state index contributed by atoms with van der Waals surface area (Å²) in [5.74, 6) is 0.0820. The Kier molecular flexibility index (Phi) is 7.59. The molecular weight excluding hydrogens is 478 g/mol. The molecule has 0 unspecified atom stereocenters. The highest BCUT2D eigenvalue weighted by atomic mass is 32.2. The number of carbonyl (C=O) groups excluding carboxylic acids is 2. The molecule has 0 spiro atoms. The number of sulfonamides is 1. The van der Waals surface area contributed by atoms with E-state index in [2.05, 4.69) is 5.32 Å². The Balaban J connectivity index is 1.48. The van der Waals surface area contributed by atoms with Crippen LogP contribution in [-0.2, 0) is 10.0 Å². The van der Waals surface area contributed by atoms with Crippen LogP contribution in [0.4, 0.5) is 11.4 Å². The average molecular weight is 508 g/mol. The summed E-state index contributed by atoms with van der Waals surface area (Å²) in [5.41, 5.74) is 1.65. The maximum absolute atomic E-state index is 13.0. The van der Waals surface area contributed by atoms with Gasteiger partial charge in [0.15, 0.2) is 0 Å². The van der Waals surface area contributed by atoms with E-state index in [0.717, 1.165) is 36.7 Å². The standard InChI is InChI=1S/C27H29N3O5S/c1-29(36(33,34)23-16-14-22(35-2)15-17-23)21-12-10-20(11-13-21)26(31)28-25-9-5-4-8-24(25)27(32)30-18-6-3-7-19-30/h4-5,8-17H,3,6-7,18-19H2,1-2H3,(H,28,31). The first-order valence-electron chi connectivity index (χ1n) is 11.7. The number of piperidine rings is 1. The SMILES string of the molecule is COc1ccc(S(=O)(=O)N(C)c2ccc(C(=O)Nc3ccccc3C(=O)N3CCCCC3)cc2)cc1. The molecule has 3 aromatic rings. The number of rotatable bonds is 7. The molecule has 9 heteroatoms. The molecule has 0 bridgehead atoms. The summed E-state index contributed by atoms with van der Waals surface area (Å²) in [4.78, 5) is 27.9. The first-order valence-corrected chi connectivity index (χ1v) is 13.2. The van der Waals surface area contributed by atoms with Crippen LogP contribution in [-0.4, -0.2) is 52.4 Å². The summed E-state index contributed by atoms with van der Waals surface area (Å²) in [6.45, 7) is 1.44. The molecule has 1 N–H and O–H groups in total. The molecule has 1 aliphatic rings. The molecule has 0 atom stereocenters. The van der Waals surface area contributed by atoms with E-state index in [1.807, 2.05) is 4.90 Å². The first kappa shape index (κ1) is 25.2. The van der Waals surface area contributed by atoms with Gasteiger partial charge in [-0.05, 0) is 79.9 Å². The molecule has 1 aliphatic heterocycles. The average Bonchev–Trinajstić information content (AvgIpc) is 2.93. The second-order valence-electron chi connectivity index (χ2n) is 8.55. The maximum atomic E-state index is 13.0. The third-order valence-electron chi connectivity index (χ3n) is 6.26. The molecule has 0 saturated carbocycles. The van der Waals surface area contributed by atoms with Gasteiger partial charge in [0, 0.05) is 25.7 Å². The predicted octanol–water partition coefficient (Wildman–Crippen LogP) is 4.40. The first-order chi connectivity index (χ1) is 17.3. The molecule has 8 nitrogen and oxygen atoms in total. The van der Waals surface area contributed by atoms with Crippen molar-refractivity contribution in [1.29, 1.82) is 0 Å². The zero-order valence-electron chi connectivity index (χ0n) is 20.3. The van der Waals surface area contributed by atoms with E-state index in [4.69, 9.17) is 4.74 Å². The molecule has 1 heterocycles. The Morgan fingerprint density at radius 2 is 1.53 bits per heavy atom. The highest BCUT2D eigenvalue weighted by Gasteiger charge is 2.23. The van der Waals surface area contributed by atoms with Crippen LogP contribution in [0.15, 0.2) is 77.7 Å². The number of carbonyl (C=O) groups is 2. The number of hydrogen-bond donors (Lipinski definition) is 1. The number of likely N-dealkylation sites (tertiary alicyclic amines) is 1. The van der Waals surface area contributed by atoms with E-state index in [1.165, 1.54) is 26.3 Å². The fourth-order valence-corrected chi connectivity index (χ4v) is 5.30.